The SMILES string of the molecule is C1CNC2(C1)CCNCC2.CN1CCC(=O)CC1.CN1CCC([N+](=O)[O-])CC1.CN1CCC2(CCC(=O)N2)CC1. The van der Waals surface area contributed by atoms with Crippen LogP contribution in [-0.2, 0) is 9.59 Å². The van der Waals surface area contributed by atoms with Crippen LogP contribution in [0.5, 0.6) is 0 Å². The zero-order valence-electron chi connectivity index (χ0n) is 25.3. The van der Waals surface area contributed by atoms with Crippen LogP contribution in [0.1, 0.15) is 77.0 Å². The monoisotopic (exact) mass is 565 g/mol. The zero-order chi connectivity index (χ0) is 29.0. The molecule has 6 saturated heterocycles. The molecule has 0 aromatic carbocycles. The number of nitrogens with one attached hydrogen (secondary N) is 3. The van der Waals surface area contributed by atoms with Crippen molar-refractivity contribution in [2.24, 2.45) is 0 Å². The van der Waals surface area contributed by atoms with Crippen molar-refractivity contribution >= 4 is 11.7 Å². The fourth-order valence-electron chi connectivity index (χ4n) is 6.47. The number of Topliss-reactive ketones (excluding diaryl/α,β-unsaturated/α-hetero) is 1. The number of carbonyl (C=O) groups excluding carboxylic acids is 2. The Morgan fingerprint density at radius 1 is 0.725 bits per heavy atom. The third kappa shape index (κ3) is 11.0. The predicted octanol–water partition coefficient (Wildman–Crippen LogP) is 1.49. The van der Waals surface area contributed by atoms with Crippen LogP contribution in [0.2, 0.25) is 0 Å². The minimum Gasteiger partial charge on any atom is -0.351 e. The molecule has 6 heterocycles. The molecule has 1 amide bonds. The van der Waals surface area contributed by atoms with Crippen LogP contribution in [0.4, 0.5) is 0 Å². The highest BCUT2D eigenvalue weighted by atomic mass is 16.6. The molecule has 6 aliphatic rings. The molecular formula is C29H55N7O4. The van der Waals surface area contributed by atoms with Gasteiger partial charge in [0.15, 0.2) is 0 Å². The van der Waals surface area contributed by atoms with Crippen molar-refractivity contribution in [3.63, 3.8) is 0 Å². The molecule has 6 aliphatic heterocycles. The minimum absolute atomic E-state index is 0.160. The maximum atomic E-state index is 11.1. The fourth-order valence-corrected chi connectivity index (χ4v) is 6.47. The maximum Gasteiger partial charge on any atom is 0.220 e. The summed E-state index contributed by atoms with van der Waals surface area (Å²) in [6.45, 7) is 9.58. The Morgan fingerprint density at radius 3 is 1.77 bits per heavy atom. The van der Waals surface area contributed by atoms with E-state index in [4.69, 9.17) is 0 Å². The second kappa shape index (κ2) is 16.1. The third-order valence-electron chi connectivity index (χ3n) is 9.60. The standard InChI is InChI=1S/C9H16N2O.C8H16N2.C6H12N2O2.C6H11NO/c1-11-6-4-9(5-7-11)3-2-8(12)10-9;1-2-8(10-5-1)3-6-9-7-4-8;1-7-4-2-6(3-5-7)8(9)10;1-7-4-2-6(8)3-5-7/h2-7H2,1H3,(H,10,12);9-10H,1-7H2;6H,2-5H2,1H3;2-5H2,1H3. The summed E-state index contributed by atoms with van der Waals surface area (Å²) in [5.74, 6) is 0.669. The van der Waals surface area contributed by atoms with Crippen LogP contribution in [0, 0.1) is 10.1 Å². The second-order valence-corrected chi connectivity index (χ2v) is 12.9. The number of hydrogen-bond acceptors (Lipinski definition) is 9. The quantitative estimate of drug-likeness (QED) is 0.321. The molecule has 11 nitrogen and oxygen atoms in total. The number of likely N-dealkylation sites (tertiary alicyclic amines) is 3. The number of hydrogen-bond donors (Lipinski definition) is 3. The molecule has 3 N–H and O–H groups in total. The Bertz CT molecular complexity index is 786. The average Bonchev–Trinajstić information content (AvgIpc) is 3.55. The van der Waals surface area contributed by atoms with Crippen molar-refractivity contribution in [2.75, 3.05) is 80.0 Å². The second-order valence-electron chi connectivity index (χ2n) is 12.9. The topological polar surface area (TPSA) is 123 Å². The Morgan fingerprint density at radius 2 is 1.30 bits per heavy atom. The van der Waals surface area contributed by atoms with Gasteiger partial charge in [0.1, 0.15) is 5.78 Å². The van der Waals surface area contributed by atoms with Gasteiger partial charge in [0.25, 0.3) is 0 Å². The van der Waals surface area contributed by atoms with Gasteiger partial charge in [0, 0.05) is 87.4 Å². The first-order valence-corrected chi connectivity index (χ1v) is 15.6. The summed E-state index contributed by atoms with van der Waals surface area (Å²) in [5, 5.41) is 20.4. The summed E-state index contributed by atoms with van der Waals surface area (Å²) >= 11 is 0. The normalized spacial score (nSPS) is 27.1. The number of nitrogens with zero attached hydrogens (tertiary/aromatic N) is 4. The molecule has 6 rings (SSSR count). The van der Waals surface area contributed by atoms with Gasteiger partial charge in [-0.25, -0.2) is 0 Å². The van der Waals surface area contributed by atoms with E-state index >= 15 is 0 Å². The Hall–Kier alpha value is -1.66. The lowest BCUT2D eigenvalue weighted by molar-refractivity contribution is -0.526. The van der Waals surface area contributed by atoms with Crippen molar-refractivity contribution in [2.45, 2.75) is 94.2 Å². The first-order chi connectivity index (χ1) is 19.1. The Labute approximate surface area is 241 Å². The van der Waals surface area contributed by atoms with Gasteiger partial charge in [-0.3, -0.25) is 19.7 Å². The molecule has 40 heavy (non-hydrogen) atoms. The lowest BCUT2D eigenvalue weighted by Crippen LogP contribution is -2.49. The van der Waals surface area contributed by atoms with E-state index in [2.05, 4.69) is 37.7 Å². The van der Waals surface area contributed by atoms with Crippen LogP contribution < -0.4 is 16.0 Å². The van der Waals surface area contributed by atoms with Gasteiger partial charge in [-0.05, 0) is 85.7 Å². The molecule has 11 heteroatoms. The van der Waals surface area contributed by atoms with Crippen LogP contribution in [-0.4, -0.2) is 128 Å². The van der Waals surface area contributed by atoms with Gasteiger partial charge in [-0.1, -0.05) is 0 Å². The van der Waals surface area contributed by atoms with Gasteiger partial charge in [0.2, 0.25) is 11.9 Å². The van der Waals surface area contributed by atoms with E-state index in [1.54, 1.807) is 0 Å². The molecule has 0 aromatic heterocycles. The smallest absolute Gasteiger partial charge is 0.220 e. The summed E-state index contributed by atoms with van der Waals surface area (Å²) in [6, 6.07) is -0.281. The van der Waals surface area contributed by atoms with Crippen molar-refractivity contribution in [1.29, 1.82) is 0 Å². The number of ketones is 1. The molecule has 0 aliphatic carbocycles. The first kappa shape index (κ1) is 32.8. The molecule has 6 fully saturated rings. The molecule has 0 unspecified atom stereocenters. The number of carbonyl (C=O) groups is 2. The molecule has 0 radical (unpaired) electrons. The van der Waals surface area contributed by atoms with E-state index < -0.39 is 0 Å². The first-order valence-electron chi connectivity index (χ1n) is 15.6. The van der Waals surface area contributed by atoms with E-state index in [0.717, 1.165) is 77.8 Å². The highest BCUT2D eigenvalue weighted by molar-refractivity contribution is 5.79. The summed E-state index contributed by atoms with van der Waals surface area (Å²) < 4.78 is 0. The van der Waals surface area contributed by atoms with Gasteiger partial charge in [0.05, 0.1) is 0 Å². The van der Waals surface area contributed by atoms with Crippen molar-refractivity contribution in [3.05, 3.63) is 10.1 Å². The molecule has 230 valence electrons. The lowest BCUT2D eigenvalue weighted by Gasteiger charge is -2.37. The minimum atomic E-state index is -0.281. The number of piperidine rings is 4. The van der Waals surface area contributed by atoms with E-state index in [-0.39, 0.29) is 22.4 Å². The summed E-state index contributed by atoms with van der Waals surface area (Å²) in [5.41, 5.74) is 0.745. The Balaban J connectivity index is 0.000000148. The van der Waals surface area contributed by atoms with Crippen molar-refractivity contribution < 1.29 is 14.5 Å². The van der Waals surface area contributed by atoms with Gasteiger partial charge in [-0.2, -0.15) is 0 Å². The van der Waals surface area contributed by atoms with Crippen molar-refractivity contribution in [3.8, 4) is 0 Å². The molecule has 0 bridgehead atoms. The number of nitro groups is 1. The highest BCUT2D eigenvalue weighted by Crippen LogP contribution is 2.30. The molecule has 2 spiro atoms. The molecule has 0 atom stereocenters. The summed E-state index contributed by atoms with van der Waals surface area (Å²) in [4.78, 5) is 38.4. The van der Waals surface area contributed by atoms with E-state index in [9.17, 15) is 19.7 Å². The van der Waals surface area contributed by atoms with E-state index in [1.807, 2.05) is 14.1 Å². The fraction of sp³-hybridized carbons (Fsp3) is 0.931. The van der Waals surface area contributed by atoms with Crippen LogP contribution in [0.3, 0.4) is 0 Å². The largest absolute Gasteiger partial charge is 0.351 e. The van der Waals surface area contributed by atoms with Crippen LogP contribution in [0.15, 0.2) is 0 Å². The van der Waals surface area contributed by atoms with Crippen molar-refractivity contribution in [1.82, 2.24) is 30.7 Å². The number of amides is 1. The van der Waals surface area contributed by atoms with E-state index in [0.29, 0.717) is 24.2 Å². The average molecular weight is 566 g/mol. The summed E-state index contributed by atoms with van der Waals surface area (Å²) in [7, 11) is 6.19. The van der Waals surface area contributed by atoms with Gasteiger partial charge < -0.3 is 30.7 Å². The van der Waals surface area contributed by atoms with Gasteiger partial charge in [-0.15, -0.1) is 0 Å². The van der Waals surface area contributed by atoms with E-state index in [1.165, 1.54) is 45.3 Å². The Kier molecular flexibility index (Phi) is 13.2. The van der Waals surface area contributed by atoms with Gasteiger partial charge >= 0.3 is 0 Å². The predicted molar refractivity (Wildman–Crippen MR) is 158 cm³/mol. The number of rotatable bonds is 1. The molecule has 0 aromatic rings. The summed E-state index contributed by atoms with van der Waals surface area (Å²) in [6.07, 6.45) is 12.5. The molecule has 0 saturated carbocycles. The van der Waals surface area contributed by atoms with Crippen LogP contribution >= 0.6 is 0 Å². The van der Waals surface area contributed by atoms with Crippen LogP contribution in [0.25, 0.3) is 0 Å². The maximum absolute atomic E-state index is 11.1. The molecular weight excluding hydrogens is 510 g/mol. The lowest BCUT2D eigenvalue weighted by atomic mass is 9.86. The highest BCUT2D eigenvalue weighted by Gasteiger charge is 2.39. The third-order valence-corrected chi connectivity index (χ3v) is 9.60. The zero-order valence-corrected chi connectivity index (χ0v) is 25.3.